The van der Waals surface area contributed by atoms with Gasteiger partial charge in [0.25, 0.3) is 0 Å². The third-order valence-electron chi connectivity index (χ3n) is 7.98. The van der Waals surface area contributed by atoms with Crippen molar-refractivity contribution in [1.29, 1.82) is 0 Å². The summed E-state index contributed by atoms with van der Waals surface area (Å²) in [6.07, 6.45) is 5.35. The Hall–Kier alpha value is -2.38. The van der Waals surface area contributed by atoms with E-state index in [2.05, 4.69) is 26.1 Å². The molecule has 8 heteroatoms. The predicted octanol–water partition coefficient (Wildman–Crippen LogP) is 3.08. The van der Waals surface area contributed by atoms with Crippen LogP contribution in [-0.4, -0.2) is 36.2 Å². The van der Waals surface area contributed by atoms with Crippen molar-refractivity contribution in [3.63, 3.8) is 0 Å². The Morgan fingerprint density at radius 1 is 1.20 bits per heavy atom. The number of carbonyl (C=O) groups is 1. The van der Waals surface area contributed by atoms with Crippen LogP contribution < -0.4 is 11.0 Å². The van der Waals surface area contributed by atoms with Gasteiger partial charge < -0.3 is 10.4 Å². The lowest BCUT2D eigenvalue weighted by Crippen LogP contribution is -2.48. The number of nitrogens with zero attached hydrogens (tertiary/aromatic N) is 4. The van der Waals surface area contributed by atoms with E-state index in [9.17, 15) is 14.7 Å². The molecule has 3 saturated carbocycles. The zero-order valence-corrected chi connectivity index (χ0v) is 18.1. The summed E-state index contributed by atoms with van der Waals surface area (Å²) >= 11 is 0. The molecule has 2 bridgehead atoms. The van der Waals surface area contributed by atoms with E-state index in [1.54, 1.807) is 4.57 Å². The summed E-state index contributed by atoms with van der Waals surface area (Å²) in [5.74, 6) is 2.03. The van der Waals surface area contributed by atoms with Gasteiger partial charge in [-0.3, -0.25) is 13.9 Å². The van der Waals surface area contributed by atoms with Crippen molar-refractivity contribution in [2.75, 3.05) is 5.32 Å². The topological polar surface area (TPSA) is 102 Å². The maximum atomic E-state index is 13.2. The van der Waals surface area contributed by atoms with Gasteiger partial charge in [-0.2, -0.15) is 0 Å². The van der Waals surface area contributed by atoms with Crippen molar-refractivity contribution in [1.82, 2.24) is 19.1 Å². The van der Waals surface area contributed by atoms with Gasteiger partial charge in [-0.15, -0.1) is 0 Å². The molecule has 6 aliphatic rings. The molecule has 3 fully saturated rings. The normalized spacial score (nSPS) is 30.1. The van der Waals surface area contributed by atoms with E-state index < -0.39 is 11.4 Å². The minimum atomic E-state index is -0.653. The second kappa shape index (κ2) is 6.56. The zero-order valence-electron chi connectivity index (χ0n) is 18.1. The number of hydrogen-bond acceptors (Lipinski definition) is 5. The summed E-state index contributed by atoms with van der Waals surface area (Å²) < 4.78 is 3.61. The molecule has 3 aliphatic carbocycles. The number of carboxylic acid groups (broad SMARTS) is 1. The maximum Gasteiger partial charge on any atom is 0.331 e. The first-order valence-electron chi connectivity index (χ1n) is 11.3. The molecular weight excluding hydrogens is 382 g/mol. The molecule has 0 spiro atoms. The Balaban J connectivity index is 1.61. The minimum absolute atomic E-state index is 0.0175. The van der Waals surface area contributed by atoms with Crippen molar-refractivity contribution in [3.05, 3.63) is 16.3 Å². The van der Waals surface area contributed by atoms with Gasteiger partial charge in [-0.05, 0) is 50.9 Å². The molecule has 2 N–H and O–H groups in total. The number of aromatic nitrogens is 4. The molecule has 6 rings (SSSR count). The van der Waals surface area contributed by atoms with Crippen LogP contribution in [0.15, 0.2) is 4.79 Å². The number of imidazole rings is 1. The van der Waals surface area contributed by atoms with Crippen molar-refractivity contribution in [3.8, 4) is 11.5 Å². The van der Waals surface area contributed by atoms with Crippen LogP contribution in [0.5, 0.6) is 0 Å². The van der Waals surface area contributed by atoms with Crippen LogP contribution in [0.4, 0.5) is 5.82 Å². The molecule has 30 heavy (non-hydrogen) atoms. The highest BCUT2D eigenvalue weighted by Gasteiger charge is 2.55. The van der Waals surface area contributed by atoms with E-state index in [0.29, 0.717) is 44.1 Å². The van der Waals surface area contributed by atoms with Crippen molar-refractivity contribution < 1.29 is 9.90 Å². The molecule has 8 nitrogen and oxygen atoms in total. The molecule has 0 radical (unpaired) electrons. The summed E-state index contributed by atoms with van der Waals surface area (Å²) in [6.45, 7) is 7.65. The summed E-state index contributed by atoms with van der Waals surface area (Å²) in [6, 6.07) is 0.206. The van der Waals surface area contributed by atoms with E-state index in [4.69, 9.17) is 9.97 Å². The highest BCUT2D eigenvalue weighted by atomic mass is 16.4. The van der Waals surface area contributed by atoms with E-state index >= 15 is 0 Å². The first kappa shape index (κ1) is 19.6. The SMILES string of the molecule is CCCn1c2nc(C34CCC(C(=O)O)(CC3)CC4)nc-2c2n(c1=O)C[C@@H](C(C)C)N2. The summed E-state index contributed by atoms with van der Waals surface area (Å²) in [5.41, 5.74) is 0.0605. The van der Waals surface area contributed by atoms with Crippen LogP contribution >= 0.6 is 0 Å². The van der Waals surface area contributed by atoms with Crippen LogP contribution in [0.3, 0.4) is 0 Å². The fraction of sp³-hybridized carbons (Fsp3) is 0.727. The molecule has 0 unspecified atom stereocenters. The number of carboxylic acids is 1. The number of rotatable bonds is 5. The van der Waals surface area contributed by atoms with Crippen LogP contribution in [0.1, 0.15) is 71.5 Å². The summed E-state index contributed by atoms with van der Waals surface area (Å²) in [4.78, 5) is 35.0. The Morgan fingerprint density at radius 3 is 2.43 bits per heavy atom. The van der Waals surface area contributed by atoms with E-state index in [-0.39, 0.29) is 17.1 Å². The van der Waals surface area contributed by atoms with E-state index in [1.807, 2.05) is 4.57 Å². The molecule has 0 amide bonds. The highest BCUT2D eigenvalue weighted by molar-refractivity contribution is 5.75. The third kappa shape index (κ3) is 2.58. The fourth-order valence-electron chi connectivity index (χ4n) is 5.76. The second-order valence-corrected chi connectivity index (χ2v) is 9.97. The average Bonchev–Trinajstić information content (AvgIpc) is 3.38. The number of aliphatic carboxylic acids is 1. The fourth-order valence-corrected chi connectivity index (χ4v) is 5.76. The first-order valence-corrected chi connectivity index (χ1v) is 11.3. The standard InChI is InChI=1S/C22H31N5O3/c1-4-11-26-17-15(16-23-14(13(2)3)12-27(16)20(26)30)24-18(25-17)21-5-8-22(9-6-21,10-7-21)19(28)29/h13-14,23H,4-12H2,1-3H3,(H,28,29)/t14-,21?,22?/m0/s1. The van der Waals surface area contributed by atoms with E-state index in [1.165, 1.54) is 0 Å². The largest absolute Gasteiger partial charge is 0.481 e. The van der Waals surface area contributed by atoms with Gasteiger partial charge in [-0.25, -0.2) is 14.8 Å². The Morgan fingerprint density at radius 2 is 1.87 bits per heavy atom. The summed E-state index contributed by atoms with van der Waals surface area (Å²) in [5, 5.41) is 13.2. The van der Waals surface area contributed by atoms with Gasteiger partial charge in [0.1, 0.15) is 17.3 Å². The number of anilines is 1. The monoisotopic (exact) mass is 413 g/mol. The molecule has 0 aromatic carbocycles. The minimum Gasteiger partial charge on any atom is -0.481 e. The van der Waals surface area contributed by atoms with Gasteiger partial charge >= 0.3 is 11.7 Å². The van der Waals surface area contributed by atoms with E-state index in [0.717, 1.165) is 43.0 Å². The van der Waals surface area contributed by atoms with Crippen LogP contribution in [0.25, 0.3) is 11.5 Å². The number of fused-ring (bicyclic) bond motifs is 6. The first-order chi connectivity index (χ1) is 14.3. The van der Waals surface area contributed by atoms with Gasteiger partial charge in [0.05, 0.1) is 5.41 Å². The van der Waals surface area contributed by atoms with Gasteiger partial charge in [-0.1, -0.05) is 20.8 Å². The Bertz CT molecular complexity index is 1010. The quantitative estimate of drug-likeness (QED) is 0.781. The molecular formula is C22H31N5O3. The second-order valence-electron chi connectivity index (χ2n) is 9.97. The van der Waals surface area contributed by atoms with Crippen LogP contribution in [0, 0.1) is 11.3 Å². The molecule has 0 saturated heterocycles. The smallest absolute Gasteiger partial charge is 0.331 e. The lowest BCUT2D eigenvalue weighted by Gasteiger charge is -2.50. The van der Waals surface area contributed by atoms with Gasteiger partial charge in [0.2, 0.25) is 0 Å². The van der Waals surface area contributed by atoms with Crippen molar-refractivity contribution >= 4 is 11.8 Å². The summed E-state index contributed by atoms with van der Waals surface area (Å²) in [7, 11) is 0. The lowest BCUT2D eigenvalue weighted by molar-refractivity contribution is -0.156. The Labute approximate surface area is 176 Å². The van der Waals surface area contributed by atoms with Crippen molar-refractivity contribution in [2.24, 2.45) is 11.3 Å². The third-order valence-corrected chi connectivity index (χ3v) is 7.98. The molecule has 1 atom stereocenters. The molecule has 162 valence electrons. The number of nitrogens with one attached hydrogen (secondary N) is 1. The molecule has 3 aliphatic heterocycles. The van der Waals surface area contributed by atoms with Gasteiger partial charge in [0.15, 0.2) is 5.82 Å². The van der Waals surface area contributed by atoms with Crippen LogP contribution in [-0.2, 0) is 23.3 Å². The molecule has 0 aromatic rings. The van der Waals surface area contributed by atoms with Crippen LogP contribution in [0.2, 0.25) is 0 Å². The maximum absolute atomic E-state index is 13.2. The van der Waals surface area contributed by atoms with Gasteiger partial charge in [0, 0.05) is 24.5 Å². The number of hydrogen-bond donors (Lipinski definition) is 2. The van der Waals surface area contributed by atoms with Crippen molar-refractivity contribution in [2.45, 2.75) is 90.3 Å². The predicted molar refractivity (Wildman–Crippen MR) is 113 cm³/mol. The molecule has 3 heterocycles. The average molecular weight is 414 g/mol. The highest BCUT2D eigenvalue weighted by Crippen LogP contribution is 2.57. The lowest BCUT2D eigenvalue weighted by atomic mass is 9.53. The zero-order chi connectivity index (χ0) is 21.3. The Kier molecular flexibility index (Phi) is 4.28. The molecule has 0 aromatic heterocycles.